The lowest BCUT2D eigenvalue weighted by Gasteiger charge is -2.27. The van der Waals surface area contributed by atoms with Crippen molar-refractivity contribution in [3.63, 3.8) is 0 Å². The lowest BCUT2D eigenvalue weighted by Crippen LogP contribution is -2.40. The van der Waals surface area contributed by atoms with Crippen molar-refractivity contribution in [1.82, 2.24) is 10.1 Å². The molecule has 2 aliphatic heterocycles. The Morgan fingerprint density at radius 1 is 1.06 bits per heavy atom. The first-order valence-electron chi connectivity index (χ1n) is 10.5. The van der Waals surface area contributed by atoms with Crippen LogP contribution in [0.5, 0.6) is 11.5 Å². The number of hydrogen-bond acceptors (Lipinski definition) is 7. The molecular formula is C23H21ClN2O6S. The first kappa shape index (κ1) is 21.8. The SMILES string of the molecule is O=C(c1cc(-c2ccc3c(c2)OCCO3)on1)N(Cc1ccc(Cl)cc1)[C@@H]1CCS(=O)(=O)C1. The molecule has 0 unspecified atom stereocenters. The molecule has 8 nitrogen and oxygen atoms in total. The van der Waals surface area contributed by atoms with Crippen molar-refractivity contribution in [2.24, 2.45) is 0 Å². The number of ether oxygens (including phenoxy) is 2. The standard InChI is InChI=1S/C23H21ClN2O6S/c24-17-4-1-15(2-5-17)13-26(18-7-10-33(28,29)14-18)23(27)19-12-21(32-25-19)16-3-6-20-22(11-16)31-9-8-30-20/h1-6,11-12,18H,7-10,13-14H2/t18-/m1/s1. The molecule has 0 radical (unpaired) electrons. The number of nitrogens with zero attached hydrogens (tertiary/aromatic N) is 2. The molecule has 0 aliphatic carbocycles. The minimum Gasteiger partial charge on any atom is -0.486 e. The van der Waals surface area contributed by atoms with Crippen LogP contribution in [0.1, 0.15) is 22.5 Å². The van der Waals surface area contributed by atoms with E-state index in [1.165, 1.54) is 0 Å². The van der Waals surface area contributed by atoms with E-state index in [0.717, 1.165) is 5.56 Å². The Kier molecular flexibility index (Phi) is 5.76. The number of hydrogen-bond donors (Lipinski definition) is 0. The third-order valence-electron chi connectivity index (χ3n) is 5.73. The molecule has 1 atom stereocenters. The van der Waals surface area contributed by atoms with Crippen LogP contribution in [0.4, 0.5) is 0 Å². The van der Waals surface area contributed by atoms with Crippen molar-refractivity contribution in [3.8, 4) is 22.8 Å². The highest BCUT2D eigenvalue weighted by atomic mass is 35.5. The van der Waals surface area contributed by atoms with Gasteiger partial charge in [0, 0.05) is 29.2 Å². The largest absolute Gasteiger partial charge is 0.486 e. The smallest absolute Gasteiger partial charge is 0.276 e. The Hall–Kier alpha value is -3.04. The van der Waals surface area contributed by atoms with Gasteiger partial charge in [-0.1, -0.05) is 28.9 Å². The Morgan fingerprint density at radius 2 is 1.82 bits per heavy atom. The highest BCUT2D eigenvalue weighted by Gasteiger charge is 2.36. The van der Waals surface area contributed by atoms with Gasteiger partial charge >= 0.3 is 0 Å². The molecule has 3 heterocycles. The van der Waals surface area contributed by atoms with Crippen LogP contribution in [0, 0.1) is 0 Å². The minimum atomic E-state index is -3.19. The highest BCUT2D eigenvalue weighted by molar-refractivity contribution is 7.91. The molecule has 0 bridgehead atoms. The van der Waals surface area contributed by atoms with Gasteiger partial charge in [0.25, 0.3) is 5.91 Å². The quantitative estimate of drug-likeness (QED) is 0.541. The Balaban J connectivity index is 1.42. The van der Waals surface area contributed by atoms with Gasteiger partial charge in [0.1, 0.15) is 13.2 Å². The predicted octanol–water partition coefficient (Wildman–Crippen LogP) is 3.60. The number of carbonyl (C=O) groups excluding carboxylic acids is 1. The van der Waals surface area contributed by atoms with Crippen LogP contribution in [-0.2, 0) is 16.4 Å². The van der Waals surface area contributed by atoms with Crippen LogP contribution in [0.3, 0.4) is 0 Å². The third-order valence-corrected chi connectivity index (χ3v) is 7.73. The monoisotopic (exact) mass is 488 g/mol. The zero-order valence-corrected chi connectivity index (χ0v) is 19.1. The lowest BCUT2D eigenvalue weighted by atomic mass is 10.1. The molecule has 1 aromatic heterocycles. The fourth-order valence-corrected chi connectivity index (χ4v) is 5.89. The number of fused-ring (bicyclic) bond motifs is 1. The van der Waals surface area contributed by atoms with Crippen molar-refractivity contribution in [3.05, 3.63) is 64.8 Å². The van der Waals surface area contributed by atoms with Gasteiger partial charge in [-0.3, -0.25) is 4.79 Å². The summed E-state index contributed by atoms with van der Waals surface area (Å²) in [5, 5.41) is 4.56. The lowest BCUT2D eigenvalue weighted by molar-refractivity contribution is 0.0670. The van der Waals surface area contributed by atoms with Crippen molar-refractivity contribution >= 4 is 27.3 Å². The van der Waals surface area contributed by atoms with Crippen molar-refractivity contribution in [1.29, 1.82) is 0 Å². The fraction of sp³-hybridized carbons (Fsp3) is 0.304. The summed E-state index contributed by atoms with van der Waals surface area (Å²) in [5.41, 5.74) is 1.64. The van der Waals surface area contributed by atoms with Gasteiger partial charge in [-0.2, -0.15) is 0 Å². The third kappa shape index (κ3) is 4.69. The van der Waals surface area contributed by atoms with E-state index in [-0.39, 0.29) is 29.7 Å². The molecular weight excluding hydrogens is 468 g/mol. The normalized spacial score (nSPS) is 18.8. The summed E-state index contributed by atoms with van der Waals surface area (Å²) < 4.78 is 40.8. The molecule has 10 heteroatoms. The molecule has 1 amide bonds. The van der Waals surface area contributed by atoms with Crippen LogP contribution in [0.2, 0.25) is 5.02 Å². The number of benzene rings is 2. The molecule has 172 valence electrons. The van der Waals surface area contributed by atoms with Crippen molar-refractivity contribution in [2.75, 3.05) is 24.7 Å². The number of carbonyl (C=O) groups is 1. The molecule has 33 heavy (non-hydrogen) atoms. The predicted molar refractivity (Wildman–Crippen MR) is 121 cm³/mol. The van der Waals surface area contributed by atoms with E-state index >= 15 is 0 Å². The molecule has 0 spiro atoms. The molecule has 0 N–H and O–H groups in total. The molecule has 1 fully saturated rings. The van der Waals surface area contributed by atoms with Crippen LogP contribution >= 0.6 is 11.6 Å². The van der Waals surface area contributed by atoms with Crippen LogP contribution in [0.15, 0.2) is 53.1 Å². The number of halogens is 1. The molecule has 2 aromatic carbocycles. The van der Waals surface area contributed by atoms with E-state index in [9.17, 15) is 13.2 Å². The first-order valence-corrected chi connectivity index (χ1v) is 12.7. The first-order chi connectivity index (χ1) is 15.9. The maximum absolute atomic E-state index is 13.4. The second-order valence-electron chi connectivity index (χ2n) is 8.05. The maximum Gasteiger partial charge on any atom is 0.276 e. The Bertz CT molecular complexity index is 1290. The molecule has 0 saturated carbocycles. The van der Waals surface area contributed by atoms with E-state index in [1.54, 1.807) is 41.3 Å². The minimum absolute atomic E-state index is 0.0589. The summed E-state index contributed by atoms with van der Waals surface area (Å²) in [4.78, 5) is 15.0. The molecule has 1 saturated heterocycles. The van der Waals surface area contributed by atoms with E-state index in [0.29, 0.717) is 47.5 Å². The number of amides is 1. The summed E-state index contributed by atoms with van der Waals surface area (Å²) in [7, 11) is -3.19. The Labute approximate surface area is 195 Å². The van der Waals surface area contributed by atoms with Gasteiger partial charge in [-0.15, -0.1) is 0 Å². The summed E-state index contributed by atoms with van der Waals surface area (Å²) in [6, 6.07) is 13.6. The highest BCUT2D eigenvalue weighted by Crippen LogP contribution is 2.35. The number of sulfone groups is 1. The van der Waals surface area contributed by atoms with E-state index in [1.807, 2.05) is 12.1 Å². The topological polar surface area (TPSA) is 98.9 Å². The van der Waals surface area contributed by atoms with Gasteiger partial charge in [0.2, 0.25) is 0 Å². The summed E-state index contributed by atoms with van der Waals surface area (Å²) in [6.07, 6.45) is 0.383. The molecule has 5 rings (SSSR count). The van der Waals surface area contributed by atoms with Gasteiger partial charge in [-0.05, 0) is 42.3 Å². The average molecular weight is 489 g/mol. The second-order valence-corrected chi connectivity index (χ2v) is 10.7. The van der Waals surface area contributed by atoms with E-state index < -0.39 is 15.9 Å². The van der Waals surface area contributed by atoms with Gasteiger partial charge in [0.05, 0.1) is 11.5 Å². The molecule has 2 aliphatic rings. The summed E-state index contributed by atoms with van der Waals surface area (Å²) in [6.45, 7) is 1.19. The van der Waals surface area contributed by atoms with Crippen LogP contribution < -0.4 is 9.47 Å². The van der Waals surface area contributed by atoms with Gasteiger partial charge < -0.3 is 18.9 Å². The van der Waals surface area contributed by atoms with E-state index in [4.69, 9.17) is 25.6 Å². The van der Waals surface area contributed by atoms with Crippen LogP contribution in [-0.4, -0.2) is 55.1 Å². The molecule has 3 aromatic rings. The van der Waals surface area contributed by atoms with Crippen LogP contribution in [0.25, 0.3) is 11.3 Å². The van der Waals surface area contributed by atoms with Crippen molar-refractivity contribution in [2.45, 2.75) is 19.0 Å². The summed E-state index contributed by atoms with van der Waals surface area (Å²) >= 11 is 5.98. The fourth-order valence-electron chi connectivity index (χ4n) is 4.03. The second kappa shape index (κ2) is 8.72. The van der Waals surface area contributed by atoms with E-state index in [2.05, 4.69) is 5.16 Å². The maximum atomic E-state index is 13.4. The number of aromatic nitrogens is 1. The van der Waals surface area contributed by atoms with Crippen molar-refractivity contribution < 1.29 is 27.2 Å². The zero-order chi connectivity index (χ0) is 23.0. The average Bonchev–Trinajstić information content (AvgIpc) is 3.44. The summed E-state index contributed by atoms with van der Waals surface area (Å²) in [5.74, 6) is 1.25. The zero-order valence-electron chi connectivity index (χ0n) is 17.6. The number of rotatable bonds is 5. The van der Waals surface area contributed by atoms with Gasteiger partial charge in [0.15, 0.2) is 32.8 Å². The van der Waals surface area contributed by atoms with Gasteiger partial charge in [-0.25, -0.2) is 8.42 Å². The Morgan fingerprint density at radius 3 is 2.55 bits per heavy atom.